The van der Waals surface area contributed by atoms with Crippen molar-refractivity contribution < 1.29 is 19.1 Å². The molecule has 2 heterocycles. The fourth-order valence-electron chi connectivity index (χ4n) is 2.84. The smallest absolute Gasteiger partial charge is 0.241 e. The highest BCUT2D eigenvalue weighted by atomic mass is 16.7. The molecule has 0 bridgehead atoms. The highest BCUT2D eigenvalue weighted by Gasteiger charge is 2.18. The highest BCUT2D eigenvalue weighted by Crippen LogP contribution is 2.35. The zero-order chi connectivity index (χ0) is 17.9. The first-order valence-electron chi connectivity index (χ1n) is 8.33. The van der Waals surface area contributed by atoms with Crippen LogP contribution in [0.5, 0.6) is 11.5 Å². The monoisotopic (exact) mass is 353 g/mol. The molecule has 1 aliphatic rings. The number of fused-ring (bicyclic) bond motifs is 1. The van der Waals surface area contributed by atoms with Gasteiger partial charge in [-0.2, -0.15) is 4.98 Å². The Balaban J connectivity index is 1.40. The van der Waals surface area contributed by atoms with E-state index in [-0.39, 0.29) is 6.79 Å². The number of ether oxygens (including phenoxy) is 2. The van der Waals surface area contributed by atoms with E-state index < -0.39 is 6.10 Å². The molecule has 7 nitrogen and oxygen atoms in total. The minimum atomic E-state index is -0.572. The van der Waals surface area contributed by atoms with Crippen molar-refractivity contribution in [2.24, 2.45) is 0 Å². The van der Waals surface area contributed by atoms with Gasteiger partial charge in [-0.05, 0) is 30.8 Å². The van der Waals surface area contributed by atoms with E-state index in [9.17, 15) is 5.11 Å². The van der Waals surface area contributed by atoms with Crippen molar-refractivity contribution in [3.63, 3.8) is 0 Å². The Bertz CT molecular complexity index is 882. The average Bonchev–Trinajstić information content (AvgIpc) is 3.30. The van der Waals surface area contributed by atoms with Crippen LogP contribution < -0.4 is 9.47 Å². The number of nitrogens with zero attached hydrogens (tertiary/aromatic N) is 3. The summed E-state index contributed by atoms with van der Waals surface area (Å²) in [7, 11) is 1.90. The number of rotatable bonds is 6. The molecule has 134 valence electrons. The standard InChI is InChI=1S/C19H19N3O4/c1-22(10-15(23)13-5-3-2-4-6-13)11-18-20-19(21-26-18)14-7-8-16-17(9-14)25-12-24-16/h2-9,15,23H,10-12H2,1H3. The van der Waals surface area contributed by atoms with Crippen LogP contribution in [-0.4, -0.2) is 40.5 Å². The molecule has 1 aliphatic heterocycles. The van der Waals surface area contributed by atoms with Crippen LogP contribution in [-0.2, 0) is 6.54 Å². The van der Waals surface area contributed by atoms with Crippen molar-refractivity contribution in [1.82, 2.24) is 15.0 Å². The third-order valence-corrected chi connectivity index (χ3v) is 4.17. The van der Waals surface area contributed by atoms with E-state index in [1.165, 1.54) is 0 Å². The maximum absolute atomic E-state index is 10.3. The van der Waals surface area contributed by atoms with E-state index >= 15 is 0 Å². The van der Waals surface area contributed by atoms with Crippen LogP contribution in [0.1, 0.15) is 17.6 Å². The topological polar surface area (TPSA) is 80.9 Å². The molecule has 0 aliphatic carbocycles. The number of hydrogen-bond donors (Lipinski definition) is 1. The van der Waals surface area contributed by atoms with Crippen molar-refractivity contribution in [3.8, 4) is 22.9 Å². The van der Waals surface area contributed by atoms with E-state index in [4.69, 9.17) is 14.0 Å². The molecule has 26 heavy (non-hydrogen) atoms. The molecule has 0 radical (unpaired) electrons. The minimum Gasteiger partial charge on any atom is -0.454 e. The van der Waals surface area contributed by atoms with Gasteiger partial charge in [0.25, 0.3) is 0 Å². The predicted molar refractivity (Wildman–Crippen MR) is 93.6 cm³/mol. The lowest BCUT2D eigenvalue weighted by atomic mass is 10.1. The molecule has 7 heteroatoms. The summed E-state index contributed by atoms with van der Waals surface area (Å²) >= 11 is 0. The summed E-state index contributed by atoms with van der Waals surface area (Å²) in [5, 5.41) is 14.3. The summed E-state index contributed by atoms with van der Waals surface area (Å²) in [4.78, 5) is 6.37. The van der Waals surface area contributed by atoms with E-state index in [0.29, 0.717) is 36.3 Å². The fourth-order valence-corrected chi connectivity index (χ4v) is 2.84. The fraction of sp³-hybridized carbons (Fsp3) is 0.263. The largest absolute Gasteiger partial charge is 0.454 e. The summed E-state index contributed by atoms with van der Waals surface area (Å²) in [6.07, 6.45) is -0.572. The Morgan fingerprint density at radius 2 is 1.92 bits per heavy atom. The lowest BCUT2D eigenvalue weighted by Gasteiger charge is -2.19. The SMILES string of the molecule is CN(Cc1nc(-c2ccc3c(c2)OCO3)no1)CC(O)c1ccccc1. The Morgan fingerprint density at radius 3 is 2.77 bits per heavy atom. The molecule has 0 spiro atoms. The molecule has 2 aromatic carbocycles. The predicted octanol–water partition coefficient (Wildman–Crippen LogP) is 2.63. The van der Waals surface area contributed by atoms with Crippen LogP contribution in [0, 0.1) is 0 Å². The van der Waals surface area contributed by atoms with Crippen molar-refractivity contribution in [2.75, 3.05) is 20.4 Å². The molecule has 1 atom stereocenters. The van der Waals surface area contributed by atoms with Gasteiger partial charge < -0.3 is 19.1 Å². The van der Waals surface area contributed by atoms with Gasteiger partial charge in [0.1, 0.15) is 0 Å². The molecule has 0 saturated carbocycles. The van der Waals surface area contributed by atoms with Crippen molar-refractivity contribution in [3.05, 3.63) is 60.0 Å². The Hall–Kier alpha value is -2.90. The van der Waals surface area contributed by atoms with Crippen LogP contribution in [0.4, 0.5) is 0 Å². The van der Waals surface area contributed by atoms with Crippen molar-refractivity contribution >= 4 is 0 Å². The lowest BCUT2D eigenvalue weighted by molar-refractivity contribution is 0.118. The van der Waals surface area contributed by atoms with E-state index in [1.54, 1.807) is 0 Å². The van der Waals surface area contributed by atoms with Crippen LogP contribution >= 0.6 is 0 Å². The number of aliphatic hydroxyl groups excluding tert-OH is 1. The number of hydrogen-bond acceptors (Lipinski definition) is 7. The zero-order valence-corrected chi connectivity index (χ0v) is 14.3. The van der Waals surface area contributed by atoms with Crippen LogP contribution in [0.2, 0.25) is 0 Å². The van der Waals surface area contributed by atoms with E-state index in [2.05, 4.69) is 10.1 Å². The molecule has 1 unspecified atom stereocenters. The number of likely N-dealkylation sites (N-methyl/N-ethyl adjacent to an activating group) is 1. The molecule has 0 fully saturated rings. The number of benzene rings is 2. The second-order valence-corrected chi connectivity index (χ2v) is 6.20. The molecule has 1 aromatic heterocycles. The van der Waals surface area contributed by atoms with Gasteiger partial charge >= 0.3 is 0 Å². The summed E-state index contributed by atoms with van der Waals surface area (Å²) < 4.78 is 16.0. The molecule has 0 amide bonds. The molecule has 4 rings (SSSR count). The average molecular weight is 353 g/mol. The van der Waals surface area contributed by atoms with E-state index in [1.807, 2.05) is 60.5 Å². The quantitative estimate of drug-likeness (QED) is 0.729. The van der Waals surface area contributed by atoms with Gasteiger partial charge in [0.05, 0.1) is 12.6 Å². The first-order valence-corrected chi connectivity index (χ1v) is 8.33. The van der Waals surface area contributed by atoms with Gasteiger partial charge in [-0.3, -0.25) is 4.90 Å². The molecular weight excluding hydrogens is 334 g/mol. The second-order valence-electron chi connectivity index (χ2n) is 6.20. The Morgan fingerprint density at radius 1 is 1.12 bits per heavy atom. The third kappa shape index (κ3) is 3.54. The van der Waals surface area contributed by atoms with Gasteiger partial charge in [0, 0.05) is 12.1 Å². The van der Waals surface area contributed by atoms with Gasteiger partial charge in [0.2, 0.25) is 18.5 Å². The van der Waals surface area contributed by atoms with Crippen molar-refractivity contribution in [1.29, 1.82) is 0 Å². The maximum atomic E-state index is 10.3. The first-order chi connectivity index (χ1) is 12.7. The van der Waals surface area contributed by atoms with Crippen LogP contribution in [0.25, 0.3) is 11.4 Å². The minimum absolute atomic E-state index is 0.227. The first kappa shape index (κ1) is 16.6. The maximum Gasteiger partial charge on any atom is 0.241 e. The van der Waals surface area contributed by atoms with Crippen LogP contribution in [0.15, 0.2) is 53.1 Å². The second kappa shape index (κ2) is 7.15. The van der Waals surface area contributed by atoms with Gasteiger partial charge in [-0.25, -0.2) is 0 Å². The summed E-state index contributed by atoms with van der Waals surface area (Å²) in [6, 6.07) is 15.1. The Labute approximate surface area is 150 Å². The van der Waals surface area contributed by atoms with Gasteiger partial charge in [0.15, 0.2) is 11.5 Å². The Kier molecular flexibility index (Phi) is 4.55. The third-order valence-electron chi connectivity index (χ3n) is 4.17. The van der Waals surface area contributed by atoms with E-state index in [0.717, 1.165) is 11.1 Å². The lowest BCUT2D eigenvalue weighted by Crippen LogP contribution is -2.24. The van der Waals surface area contributed by atoms with Crippen molar-refractivity contribution in [2.45, 2.75) is 12.6 Å². The normalized spacial score (nSPS) is 14.0. The zero-order valence-electron chi connectivity index (χ0n) is 14.3. The van der Waals surface area contributed by atoms with Crippen LogP contribution in [0.3, 0.4) is 0 Å². The summed E-state index contributed by atoms with van der Waals surface area (Å²) in [5.41, 5.74) is 1.68. The summed E-state index contributed by atoms with van der Waals surface area (Å²) in [5.74, 6) is 2.37. The molecule has 3 aromatic rings. The molecule has 1 N–H and O–H groups in total. The number of aliphatic hydroxyl groups is 1. The highest BCUT2D eigenvalue weighted by molar-refractivity contribution is 5.61. The molecule has 0 saturated heterocycles. The van der Waals surface area contributed by atoms with Gasteiger partial charge in [-0.1, -0.05) is 35.5 Å². The molecular formula is C19H19N3O4. The summed E-state index contributed by atoms with van der Waals surface area (Å²) in [6.45, 7) is 1.14. The van der Waals surface area contributed by atoms with Gasteiger partial charge in [-0.15, -0.1) is 0 Å². The number of aromatic nitrogens is 2.